The first-order chi connectivity index (χ1) is 12.1. The smallest absolute Gasteiger partial charge is 0.161 e. The lowest BCUT2D eigenvalue weighted by molar-refractivity contribution is 0.270. The van der Waals surface area contributed by atoms with Crippen LogP contribution >= 0.6 is 0 Å². The maximum atomic E-state index is 13.8. The fraction of sp³-hybridized carbons (Fsp3) is 0.429. The molecule has 2 aromatic rings. The van der Waals surface area contributed by atoms with Gasteiger partial charge in [0.05, 0.1) is 7.11 Å². The molecule has 3 nitrogen and oxygen atoms in total. The van der Waals surface area contributed by atoms with Gasteiger partial charge in [-0.2, -0.15) is 0 Å². The number of hydrogen-bond donors (Lipinski definition) is 0. The first kappa shape index (κ1) is 16.4. The van der Waals surface area contributed by atoms with Crippen LogP contribution in [0.25, 0.3) is 0 Å². The summed E-state index contributed by atoms with van der Waals surface area (Å²) in [7, 11) is 1.62. The highest BCUT2D eigenvalue weighted by atomic mass is 19.1. The maximum Gasteiger partial charge on any atom is 0.161 e. The molecule has 2 unspecified atom stereocenters. The third-order valence-corrected chi connectivity index (χ3v) is 5.58. The molecule has 0 N–H and O–H groups in total. The fourth-order valence-corrected chi connectivity index (χ4v) is 3.95. The van der Waals surface area contributed by atoms with Crippen molar-refractivity contribution in [2.45, 2.75) is 26.5 Å². The van der Waals surface area contributed by atoms with Crippen LogP contribution in [0.1, 0.15) is 24.5 Å². The number of halogens is 1. The second kappa shape index (κ2) is 6.34. The molecule has 0 bridgehead atoms. The van der Waals surface area contributed by atoms with Crippen molar-refractivity contribution >= 4 is 0 Å². The highest BCUT2D eigenvalue weighted by Gasteiger charge is 2.55. The van der Waals surface area contributed by atoms with Gasteiger partial charge in [0.2, 0.25) is 0 Å². The summed E-state index contributed by atoms with van der Waals surface area (Å²) >= 11 is 0. The minimum Gasteiger partial charge on any atom is -0.493 e. The van der Waals surface area contributed by atoms with Crippen LogP contribution in [0.15, 0.2) is 42.5 Å². The molecule has 4 heteroatoms. The van der Waals surface area contributed by atoms with Gasteiger partial charge in [-0.15, -0.1) is 0 Å². The van der Waals surface area contributed by atoms with E-state index in [0.29, 0.717) is 22.5 Å². The van der Waals surface area contributed by atoms with E-state index in [0.717, 1.165) is 12.5 Å². The van der Waals surface area contributed by atoms with Crippen LogP contribution in [0.5, 0.6) is 11.5 Å². The van der Waals surface area contributed by atoms with Gasteiger partial charge in [-0.05, 0) is 41.5 Å². The van der Waals surface area contributed by atoms with Crippen LogP contribution in [0.4, 0.5) is 4.39 Å². The predicted octanol–water partition coefficient (Wildman–Crippen LogP) is 4.26. The van der Waals surface area contributed by atoms with E-state index < -0.39 is 0 Å². The highest BCUT2D eigenvalue weighted by Crippen LogP contribution is 2.57. The number of benzene rings is 2. The minimum absolute atomic E-state index is 0.191. The highest BCUT2D eigenvalue weighted by molar-refractivity contribution is 5.43. The van der Waals surface area contributed by atoms with Gasteiger partial charge < -0.3 is 9.47 Å². The van der Waals surface area contributed by atoms with E-state index in [-0.39, 0.29) is 12.4 Å². The second-order valence-electron chi connectivity index (χ2n) is 7.59. The van der Waals surface area contributed by atoms with Crippen LogP contribution in [0, 0.1) is 17.2 Å². The molecule has 1 aliphatic carbocycles. The van der Waals surface area contributed by atoms with Crippen LogP contribution in [0.2, 0.25) is 0 Å². The third-order valence-electron chi connectivity index (χ3n) is 5.58. The Bertz CT molecular complexity index is 778. The number of ether oxygens (including phenoxy) is 2. The lowest BCUT2D eigenvalue weighted by atomic mass is 10.1. The standard InChI is InChI=1S/C21H24FNO2/c1-21-10-17(21)12-23(14-21)11-15-7-8-19(24-2)20(9-15)25-13-16-5-3-4-6-18(16)22/h3-9,17H,10-14H2,1-2H3. The molecule has 2 aromatic carbocycles. The van der Waals surface area contributed by atoms with Gasteiger partial charge in [-0.3, -0.25) is 4.90 Å². The molecule has 1 saturated carbocycles. The summed E-state index contributed by atoms with van der Waals surface area (Å²) in [5, 5.41) is 0. The molecule has 2 atom stereocenters. The lowest BCUT2D eigenvalue weighted by Gasteiger charge is -2.20. The number of rotatable bonds is 6. The second-order valence-corrected chi connectivity index (χ2v) is 7.59. The summed E-state index contributed by atoms with van der Waals surface area (Å²) in [6.07, 6.45) is 1.38. The van der Waals surface area contributed by atoms with Crippen molar-refractivity contribution in [3.63, 3.8) is 0 Å². The fourth-order valence-electron chi connectivity index (χ4n) is 3.95. The Labute approximate surface area is 148 Å². The normalized spacial score (nSPS) is 24.8. The van der Waals surface area contributed by atoms with E-state index in [1.807, 2.05) is 18.2 Å². The molecule has 0 radical (unpaired) electrons. The van der Waals surface area contributed by atoms with Crippen molar-refractivity contribution in [3.8, 4) is 11.5 Å². The van der Waals surface area contributed by atoms with Gasteiger partial charge in [0.1, 0.15) is 12.4 Å². The van der Waals surface area contributed by atoms with Crippen molar-refractivity contribution in [2.24, 2.45) is 11.3 Å². The average molecular weight is 341 g/mol. The van der Waals surface area contributed by atoms with Gasteiger partial charge >= 0.3 is 0 Å². The van der Waals surface area contributed by atoms with E-state index in [4.69, 9.17) is 9.47 Å². The first-order valence-corrected chi connectivity index (χ1v) is 8.83. The minimum atomic E-state index is -0.248. The zero-order valence-electron chi connectivity index (χ0n) is 14.8. The zero-order valence-corrected chi connectivity index (χ0v) is 14.8. The van der Waals surface area contributed by atoms with Gasteiger partial charge in [0.15, 0.2) is 11.5 Å². The number of likely N-dealkylation sites (tertiary alicyclic amines) is 1. The Hall–Kier alpha value is -2.07. The Balaban J connectivity index is 1.45. The van der Waals surface area contributed by atoms with Crippen molar-refractivity contribution < 1.29 is 13.9 Å². The molecule has 0 amide bonds. The quantitative estimate of drug-likeness (QED) is 0.784. The van der Waals surface area contributed by atoms with Crippen LogP contribution in [-0.4, -0.2) is 25.1 Å². The summed E-state index contributed by atoms with van der Waals surface area (Å²) in [5.41, 5.74) is 2.30. The Kier molecular flexibility index (Phi) is 4.16. The van der Waals surface area contributed by atoms with Crippen molar-refractivity contribution in [3.05, 3.63) is 59.4 Å². The monoisotopic (exact) mass is 341 g/mol. The van der Waals surface area contributed by atoms with Gasteiger partial charge in [0.25, 0.3) is 0 Å². The molecule has 0 spiro atoms. The van der Waals surface area contributed by atoms with Crippen LogP contribution < -0.4 is 9.47 Å². The van der Waals surface area contributed by atoms with E-state index in [1.54, 1.807) is 19.2 Å². The van der Waals surface area contributed by atoms with E-state index in [9.17, 15) is 4.39 Å². The number of hydrogen-bond acceptors (Lipinski definition) is 3. The lowest BCUT2D eigenvalue weighted by Crippen LogP contribution is -2.23. The van der Waals surface area contributed by atoms with Crippen molar-refractivity contribution in [1.82, 2.24) is 4.90 Å². The maximum absolute atomic E-state index is 13.8. The van der Waals surface area contributed by atoms with Gasteiger partial charge in [-0.25, -0.2) is 4.39 Å². The molecule has 2 aliphatic rings. The van der Waals surface area contributed by atoms with E-state index in [2.05, 4.69) is 17.9 Å². The van der Waals surface area contributed by atoms with Gasteiger partial charge in [0, 0.05) is 25.2 Å². The molecule has 1 heterocycles. The van der Waals surface area contributed by atoms with Crippen LogP contribution in [-0.2, 0) is 13.2 Å². The summed E-state index contributed by atoms with van der Waals surface area (Å²) in [5.74, 6) is 1.97. The number of fused-ring (bicyclic) bond motifs is 1. The topological polar surface area (TPSA) is 21.7 Å². The van der Waals surface area contributed by atoms with Crippen LogP contribution in [0.3, 0.4) is 0 Å². The Morgan fingerprint density at radius 3 is 2.76 bits per heavy atom. The van der Waals surface area contributed by atoms with Gasteiger partial charge in [-0.1, -0.05) is 31.2 Å². The number of piperidine rings is 1. The number of nitrogens with zero attached hydrogens (tertiary/aromatic N) is 1. The molecular weight excluding hydrogens is 317 g/mol. The molecule has 2 fully saturated rings. The summed E-state index contributed by atoms with van der Waals surface area (Å²) in [4.78, 5) is 2.51. The molecule has 1 saturated heterocycles. The van der Waals surface area contributed by atoms with Crippen molar-refractivity contribution in [2.75, 3.05) is 20.2 Å². The average Bonchev–Trinajstić information content (AvgIpc) is 3.12. The van der Waals surface area contributed by atoms with Crippen molar-refractivity contribution in [1.29, 1.82) is 0 Å². The Morgan fingerprint density at radius 1 is 1.20 bits per heavy atom. The number of methoxy groups -OCH3 is 1. The first-order valence-electron chi connectivity index (χ1n) is 8.83. The molecule has 1 aliphatic heterocycles. The summed E-state index contributed by atoms with van der Waals surface area (Å²) in [6, 6.07) is 12.7. The third kappa shape index (κ3) is 3.36. The molecule has 25 heavy (non-hydrogen) atoms. The van der Waals surface area contributed by atoms with E-state index in [1.165, 1.54) is 31.1 Å². The largest absolute Gasteiger partial charge is 0.493 e. The molecule has 132 valence electrons. The molecule has 0 aromatic heterocycles. The zero-order chi connectivity index (χ0) is 17.4. The Morgan fingerprint density at radius 2 is 2.04 bits per heavy atom. The summed E-state index contributed by atoms with van der Waals surface area (Å²) < 4.78 is 25.0. The molecule has 4 rings (SSSR count). The summed E-state index contributed by atoms with van der Waals surface area (Å²) in [6.45, 7) is 5.86. The van der Waals surface area contributed by atoms with E-state index >= 15 is 0 Å². The molecular formula is C21H24FNO2. The SMILES string of the molecule is COc1ccc(CN2CC3CC3(C)C2)cc1OCc1ccccc1F. The predicted molar refractivity (Wildman–Crippen MR) is 95.2 cm³/mol.